The Hall–Kier alpha value is -1.22. The normalized spacial score (nSPS) is 18.3. The molecule has 1 rings (SSSR count). The zero-order valence-corrected chi connectivity index (χ0v) is 19.5. The highest BCUT2D eigenvalue weighted by molar-refractivity contribution is 8.13. The molecule has 0 aromatic heterocycles. The number of amides is 2. The first-order valence-corrected chi connectivity index (χ1v) is 11.0. The Labute approximate surface area is 179 Å². The molecule has 3 N–H and O–H groups in total. The van der Waals surface area contributed by atoms with Gasteiger partial charge in [-0.05, 0) is 39.2 Å². The quantitative estimate of drug-likeness (QED) is 0.552. The van der Waals surface area contributed by atoms with Crippen molar-refractivity contribution in [3.8, 4) is 0 Å². The van der Waals surface area contributed by atoms with E-state index in [2.05, 4.69) is 5.32 Å². The molecule has 1 heterocycles. The second-order valence-corrected chi connectivity index (χ2v) is 8.67. The Morgan fingerprint density at radius 2 is 1.83 bits per heavy atom. The van der Waals surface area contributed by atoms with E-state index >= 15 is 0 Å². The van der Waals surface area contributed by atoms with E-state index in [1.54, 1.807) is 13.0 Å². The molecular formula is C21H39NO6S. The monoisotopic (exact) mass is 433 g/mol. The van der Waals surface area contributed by atoms with Crippen molar-refractivity contribution >= 4 is 28.7 Å². The molecule has 29 heavy (non-hydrogen) atoms. The van der Waals surface area contributed by atoms with Crippen LogP contribution >= 0.6 is 11.8 Å². The van der Waals surface area contributed by atoms with Gasteiger partial charge in [-0.15, -0.1) is 0 Å². The van der Waals surface area contributed by atoms with Crippen LogP contribution in [0.4, 0.5) is 0 Å². The van der Waals surface area contributed by atoms with E-state index in [0.717, 1.165) is 19.3 Å². The molecule has 8 heteroatoms. The van der Waals surface area contributed by atoms with Gasteiger partial charge >= 0.3 is 0 Å². The largest absolute Gasteiger partial charge is 0.396 e. The van der Waals surface area contributed by atoms with Crippen LogP contribution in [0.2, 0.25) is 0 Å². The van der Waals surface area contributed by atoms with Crippen LogP contribution in [0.25, 0.3) is 0 Å². The van der Waals surface area contributed by atoms with E-state index in [0.29, 0.717) is 18.3 Å². The average molecular weight is 434 g/mol. The third kappa shape index (κ3) is 18.5. The Morgan fingerprint density at radius 1 is 1.21 bits per heavy atom. The molecule has 0 aliphatic carbocycles. The average Bonchev–Trinajstić information content (AvgIpc) is 3.06. The Kier molecular flexibility index (Phi) is 18.2. The van der Waals surface area contributed by atoms with Gasteiger partial charge in [0.2, 0.25) is 11.8 Å². The van der Waals surface area contributed by atoms with E-state index in [1.807, 2.05) is 34.6 Å². The molecule has 170 valence electrons. The highest BCUT2D eigenvalue weighted by Crippen LogP contribution is 2.22. The molecule has 2 atom stereocenters. The molecule has 1 saturated heterocycles. The first-order chi connectivity index (χ1) is 13.5. The number of thioether (sulfide) groups is 1. The van der Waals surface area contributed by atoms with E-state index in [9.17, 15) is 14.4 Å². The Balaban J connectivity index is 0. The van der Waals surface area contributed by atoms with Crippen molar-refractivity contribution < 1.29 is 29.3 Å². The van der Waals surface area contributed by atoms with Crippen molar-refractivity contribution in [2.45, 2.75) is 79.4 Å². The lowest BCUT2D eigenvalue weighted by Gasteiger charge is -2.14. The third-order valence-corrected chi connectivity index (χ3v) is 4.78. The first kappa shape index (κ1) is 30.0. The molecule has 1 aliphatic heterocycles. The number of aliphatic hydroxyl groups excluding tert-OH is 2. The molecule has 0 spiro atoms. The molecule has 7 nitrogen and oxygen atoms in total. The second-order valence-electron chi connectivity index (χ2n) is 7.60. The maximum atomic E-state index is 11.1. The summed E-state index contributed by atoms with van der Waals surface area (Å²) in [6, 6.07) is 0. The molecular weight excluding hydrogens is 394 g/mol. The topological polar surface area (TPSA) is 113 Å². The minimum Gasteiger partial charge on any atom is -0.396 e. The van der Waals surface area contributed by atoms with Gasteiger partial charge in [0.25, 0.3) is 0 Å². The zero-order valence-electron chi connectivity index (χ0n) is 18.7. The lowest BCUT2D eigenvalue weighted by Crippen LogP contribution is -2.28. The summed E-state index contributed by atoms with van der Waals surface area (Å²) < 4.78 is 5.26. The molecule has 2 amide bonds. The summed E-state index contributed by atoms with van der Waals surface area (Å²) >= 11 is 1.19. The van der Waals surface area contributed by atoms with Gasteiger partial charge in [-0.1, -0.05) is 45.5 Å². The van der Waals surface area contributed by atoms with Crippen molar-refractivity contribution in [1.29, 1.82) is 0 Å². The molecule has 0 bridgehead atoms. The van der Waals surface area contributed by atoms with Gasteiger partial charge in [-0.3, -0.25) is 19.7 Å². The van der Waals surface area contributed by atoms with E-state index in [1.165, 1.54) is 17.8 Å². The van der Waals surface area contributed by atoms with Crippen molar-refractivity contribution in [1.82, 2.24) is 5.32 Å². The highest BCUT2D eigenvalue weighted by Gasteiger charge is 2.21. The second kappa shape index (κ2) is 17.6. The van der Waals surface area contributed by atoms with Crippen molar-refractivity contribution in [3.05, 3.63) is 12.2 Å². The molecule has 2 unspecified atom stereocenters. The van der Waals surface area contributed by atoms with Crippen LogP contribution in [-0.2, 0) is 19.1 Å². The lowest BCUT2D eigenvalue weighted by atomic mass is 10.00. The number of imide groups is 1. The van der Waals surface area contributed by atoms with Crippen LogP contribution in [0.3, 0.4) is 0 Å². The van der Waals surface area contributed by atoms with Gasteiger partial charge in [0.05, 0.1) is 25.4 Å². The fourth-order valence-corrected chi connectivity index (χ4v) is 2.70. The summed E-state index contributed by atoms with van der Waals surface area (Å²) in [6.07, 6.45) is 6.71. The number of carbonyl (C=O) groups is 3. The SMILES string of the molecule is C/C=C\C(=O)NC(=O)CCC.CC(C)(C)C(=O)SCCO.CC1CCC(CO)O1. The standard InChI is InChI=1S/C8H13NO2.C7H14O2S.C6H12O2/c1-3-5-7(10)9-8(11)6-4-2;1-7(2,3)6(9)10-5-4-8;1-5-2-3-6(4-7)8-5/h3,5H,4,6H2,1-2H3,(H,9,10,11);8H,4-5H2,1-3H3;5-7H,2-4H2,1H3/b5-3-;;. The Morgan fingerprint density at radius 3 is 2.17 bits per heavy atom. The van der Waals surface area contributed by atoms with Crippen molar-refractivity contribution in [2.75, 3.05) is 19.0 Å². The Bertz CT molecular complexity index is 502. The number of rotatable bonds is 6. The summed E-state index contributed by atoms with van der Waals surface area (Å²) in [4.78, 5) is 32.5. The highest BCUT2D eigenvalue weighted by atomic mass is 32.2. The number of nitrogens with one attached hydrogen (secondary N) is 1. The van der Waals surface area contributed by atoms with E-state index in [4.69, 9.17) is 14.9 Å². The van der Waals surface area contributed by atoms with Gasteiger partial charge in [-0.25, -0.2) is 0 Å². The molecule has 0 radical (unpaired) electrons. The number of allylic oxidation sites excluding steroid dienone is 1. The van der Waals surface area contributed by atoms with Gasteiger partial charge in [0, 0.05) is 17.6 Å². The van der Waals surface area contributed by atoms with Gasteiger partial charge in [0.1, 0.15) is 0 Å². The smallest absolute Gasteiger partial charge is 0.250 e. The molecule has 1 aliphatic rings. The minimum absolute atomic E-state index is 0.0759. The van der Waals surface area contributed by atoms with E-state index < -0.39 is 0 Å². The van der Waals surface area contributed by atoms with Crippen molar-refractivity contribution in [3.63, 3.8) is 0 Å². The molecule has 1 fully saturated rings. The maximum Gasteiger partial charge on any atom is 0.250 e. The van der Waals surface area contributed by atoms with Crippen LogP contribution in [0.15, 0.2) is 12.2 Å². The van der Waals surface area contributed by atoms with Gasteiger partial charge in [-0.2, -0.15) is 0 Å². The molecule has 0 aromatic rings. The predicted octanol–water partition coefficient (Wildman–Crippen LogP) is 2.84. The first-order valence-electron chi connectivity index (χ1n) is 10.0. The predicted molar refractivity (Wildman–Crippen MR) is 118 cm³/mol. The van der Waals surface area contributed by atoms with Crippen LogP contribution < -0.4 is 5.32 Å². The number of hydrogen-bond acceptors (Lipinski definition) is 7. The van der Waals surface area contributed by atoms with E-state index in [-0.39, 0.29) is 41.7 Å². The number of hydrogen-bond donors (Lipinski definition) is 3. The number of ether oxygens (including phenoxy) is 1. The fraction of sp³-hybridized carbons (Fsp3) is 0.762. The lowest BCUT2D eigenvalue weighted by molar-refractivity contribution is -0.128. The maximum absolute atomic E-state index is 11.1. The fourth-order valence-electron chi connectivity index (χ4n) is 1.99. The number of aliphatic hydroxyl groups is 2. The number of carbonyl (C=O) groups excluding carboxylic acids is 3. The van der Waals surface area contributed by atoms with Gasteiger partial charge in [0.15, 0.2) is 5.12 Å². The van der Waals surface area contributed by atoms with Crippen LogP contribution in [0.5, 0.6) is 0 Å². The van der Waals surface area contributed by atoms with Crippen molar-refractivity contribution in [2.24, 2.45) is 5.41 Å². The summed E-state index contributed by atoms with van der Waals surface area (Å²) in [5.74, 6) is -0.0441. The summed E-state index contributed by atoms with van der Waals surface area (Å²) in [5, 5.41) is 19.3. The summed E-state index contributed by atoms with van der Waals surface area (Å²) in [5.41, 5.74) is -0.278. The molecule has 0 saturated carbocycles. The van der Waals surface area contributed by atoms with Crippen LogP contribution in [0.1, 0.15) is 67.2 Å². The van der Waals surface area contributed by atoms with Crippen LogP contribution in [-0.4, -0.2) is 58.3 Å². The third-order valence-electron chi connectivity index (χ3n) is 3.52. The van der Waals surface area contributed by atoms with Crippen LogP contribution in [0, 0.1) is 5.41 Å². The summed E-state index contributed by atoms with van der Waals surface area (Å²) in [6.45, 7) is 11.5. The minimum atomic E-state index is -0.342. The summed E-state index contributed by atoms with van der Waals surface area (Å²) in [7, 11) is 0. The zero-order chi connectivity index (χ0) is 22.9. The van der Waals surface area contributed by atoms with Gasteiger partial charge < -0.3 is 14.9 Å². The molecule has 0 aromatic carbocycles.